The van der Waals surface area contributed by atoms with E-state index in [9.17, 15) is 9.59 Å². The van der Waals surface area contributed by atoms with Gasteiger partial charge in [0.25, 0.3) is 5.56 Å². The highest BCUT2D eigenvalue weighted by Gasteiger charge is 2.23. The van der Waals surface area contributed by atoms with E-state index in [-0.39, 0.29) is 17.2 Å². The van der Waals surface area contributed by atoms with Gasteiger partial charge in [0.05, 0.1) is 16.7 Å². The van der Waals surface area contributed by atoms with Gasteiger partial charge in [-0.15, -0.1) is 0 Å². The van der Waals surface area contributed by atoms with Gasteiger partial charge in [-0.05, 0) is 63.1 Å². The molecule has 28 heavy (non-hydrogen) atoms. The van der Waals surface area contributed by atoms with E-state index in [1.54, 1.807) is 4.57 Å². The Morgan fingerprint density at radius 1 is 1.32 bits per heavy atom. The second kappa shape index (κ2) is 8.82. The van der Waals surface area contributed by atoms with E-state index >= 15 is 0 Å². The van der Waals surface area contributed by atoms with E-state index in [1.165, 1.54) is 30.2 Å². The van der Waals surface area contributed by atoms with Crippen molar-refractivity contribution >= 4 is 44.5 Å². The Kier molecular flexibility index (Phi) is 6.21. The first-order chi connectivity index (χ1) is 13.6. The van der Waals surface area contributed by atoms with Crippen LogP contribution in [0.2, 0.25) is 0 Å². The maximum absolute atomic E-state index is 13.2. The number of thioether (sulfide) groups is 1. The molecule has 1 N–H and O–H groups in total. The third-order valence-electron chi connectivity index (χ3n) is 5.20. The highest BCUT2D eigenvalue weighted by Crippen LogP contribution is 2.24. The van der Waals surface area contributed by atoms with Crippen molar-refractivity contribution < 1.29 is 4.79 Å². The summed E-state index contributed by atoms with van der Waals surface area (Å²) in [6, 6.07) is 5.91. The van der Waals surface area contributed by atoms with Crippen LogP contribution in [0.5, 0.6) is 0 Å². The summed E-state index contributed by atoms with van der Waals surface area (Å²) in [5, 5.41) is 4.23. The summed E-state index contributed by atoms with van der Waals surface area (Å²) in [6.45, 7) is 0.604. The van der Waals surface area contributed by atoms with Gasteiger partial charge in [0.15, 0.2) is 5.16 Å². The molecule has 148 valence electrons. The molecular formula is C21H24BrN3O2S. The van der Waals surface area contributed by atoms with Crippen LogP contribution in [-0.2, 0) is 11.3 Å². The Hall–Kier alpha value is -1.60. The van der Waals surface area contributed by atoms with E-state index in [0.29, 0.717) is 28.6 Å². The third-order valence-corrected chi connectivity index (χ3v) is 6.67. The van der Waals surface area contributed by atoms with E-state index in [0.717, 1.165) is 36.6 Å². The number of halogens is 1. The van der Waals surface area contributed by atoms with Crippen LogP contribution >= 0.6 is 27.7 Å². The van der Waals surface area contributed by atoms with Crippen LogP contribution in [0.15, 0.2) is 44.3 Å². The Morgan fingerprint density at radius 3 is 2.93 bits per heavy atom. The molecule has 0 radical (unpaired) electrons. The summed E-state index contributed by atoms with van der Waals surface area (Å²) in [7, 11) is 0. The number of hydrogen-bond acceptors (Lipinski definition) is 4. The Balaban J connectivity index is 1.60. The predicted octanol–water partition coefficient (Wildman–Crippen LogP) is 4.42. The highest BCUT2D eigenvalue weighted by molar-refractivity contribution is 9.10. The average Bonchev–Trinajstić information content (AvgIpc) is 3.51. The first-order valence-electron chi connectivity index (χ1n) is 9.90. The third kappa shape index (κ3) is 4.87. The minimum absolute atomic E-state index is 0.0131. The molecule has 1 heterocycles. The smallest absolute Gasteiger partial charge is 0.262 e. The molecule has 0 spiro atoms. The molecule has 2 aromatic rings. The van der Waals surface area contributed by atoms with Crippen molar-refractivity contribution in [2.75, 3.05) is 5.75 Å². The van der Waals surface area contributed by atoms with E-state index < -0.39 is 0 Å². The molecule has 4 rings (SSSR count). The summed E-state index contributed by atoms with van der Waals surface area (Å²) in [5.74, 6) is 0.299. The van der Waals surface area contributed by atoms with Gasteiger partial charge >= 0.3 is 0 Å². The van der Waals surface area contributed by atoms with Gasteiger partial charge in [0, 0.05) is 17.1 Å². The zero-order valence-electron chi connectivity index (χ0n) is 15.7. The number of allylic oxidation sites excluding steroid dienone is 2. The zero-order chi connectivity index (χ0) is 19.5. The lowest BCUT2D eigenvalue weighted by Gasteiger charge is -2.16. The predicted molar refractivity (Wildman–Crippen MR) is 117 cm³/mol. The molecule has 0 atom stereocenters. The van der Waals surface area contributed by atoms with Gasteiger partial charge in [0.1, 0.15) is 0 Å². The van der Waals surface area contributed by atoms with Crippen molar-refractivity contribution in [1.82, 2.24) is 14.9 Å². The summed E-state index contributed by atoms with van der Waals surface area (Å²) in [5.41, 5.74) is 2.06. The average molecular weight is 462 g/mol. The number of nitrogens with zero attached hydrogens (tertiary/aromatic N) is 2. The molecule has 1 aromatic heterocycles. The van der Waals surface area contributed by atoms with Crippen LogP contribution in [0.25, 0.3) is 10.9 Å². The van der Waals surface area contributed by atoms with Crippen LogP contribution in [0.3, 0.4) is 0 Å². The molecule has 0 bridgehead atoms. The minimum Gasteiger partial charge on any atom is -0.353 e. The fourth-order valence-corrected chi connectivity index (χ4v) is 4.69. The van der Waals surface area contributed by atoms with Crippen molar-refractivity contribution in [3.63, 3.8) is 0 Å². The number of aromatic nitrogens is 2. The molecule has 2 aliphatic rings. The number of rotatable bonds is 7. The summed E-state index contributed by atoms with van der Waals surface area (Å²) < 4.78 is 2.61. The van der Waals surface area contributed by atoms with Crippen LogP contribution in [0.1, 0.15) is 44.9 Å². The lowest BCUT2D eigenvalue weighted by molar-refractivity contribution is -0.118. The second-order valence-electron chi connectivity index (χ2n) is 7.50. The molecule has 7 heteroatoms. The van der Waals surface area contributed by atoms with Crippen molar-refractivity contribution in [1.29, 1.82) is 0 Å². The molecule has 5 nitrogen and oxygen atoms in total. The van der Waals surface area contributed by atoms with Crippen molar-refractivity contribution in [3.05, 3.63) is 44.7 Å². The minimum atomic E-state index is -0.0344. The molecule has 0 saturated heterocycles. The number of nitrogens with one attached hydrogen (secondary N) is 1. The van der Waals surface area contributed by atoms with Gasteiger partial charge in [-0.2, -0.15) is 0 Å². The standard InChI is InChI=1S/C21H24BrN3O2S/c22-15-6-9-18-17(12-15)20(27)25(11-10-14-4-2-1-3-5-14)21(24-18)28-13-19(26)23-16-7-8-16/h4,6,9,12,16H,1-3,5,7-8,10-11,13H2,(H,23,26). The number of carbonyl (C=O) groups excluding carboxylic acids is 1. The second-order valence-corrected chi connectivity index (χ2v) is 9.36. The maximum atomic E-state index is 13.2. The lowest BCUT2D eigenvalue weighted by Crippen LogP contribution is -2.28. The number of amides is 1. The quantitative estimate of drug-likeness (QED) is 0.376. The topological polar surface area (TPSA) is 64.0 Å². The molecule has 1 aromatic carbocycles. The Bertz CT molecular complexity index is 982. The normalized spacial score (nSPS) is 16.8. The van der Waals surface area contributed by atoms with E-state index in [1.807, 2.05) is 18.2 Å². The summed E-state index contributed by atoms with van der Waals surface area (Å²) in [4.78, 5) is 30.0. The number of carbonyl (C=O) groups is 1. The molecule has 2 aliphatic carbocycles. The molecular weight excluding hydrogens is 438 g/mol. The SMILES string of the molecule is O=C(CSc1nc2ccc(Br)cc2c(=O)n1CCC1=CCCCC1)NC1CC1. The van der Waals surface area contributed by atoms with E-state index in [4.69, 9.17) is 4.98 Å². The van der Waals surface area contributed by atoms with Crippen molar-refractivity contribution in [2.24, 2.45) is 0 Å². The van der Waals surface area contributed by atoms with Crippen molar-refractivity contribution in [2.45, 2.75) is 62.7 Å². The Labute approximate surface area is 177 Å². The first kappa shape index (κ1) is 19.7. The molecule has 1 amide bonds. The van der Waals surface area contributed by atoms with Gasteiger partial charge < -0.3 is 5.32 Å². The summed E-state index contributed by atoms with van der Waals surface area (Å²) >= 11 is 4.80. The molecule has 1 fully saturated rings. The fraction of sp³-hybridized carbons (Fsp3) is 0.476. The van der Waals surface area contributed by atoms with Gasteiger partial charge in [-0.1, -0.05) is 39.3 Å². The van der Waals surface area contributed by atoms with Crippen LogP contribution in [0, 0.1) is 0 Å². The number of benzene rings is 1. The Morgan fingerprint density at radius 2 is 2.18 bits per heavy atom. The molecule has 0 unspecified atom stereocenters. The van der Waals surface area contributed by atoms with Gasteiger partial charge in [0.2, 0.25) is 5.91 Å². The van der Waals surface area contributed by atoms with Gasteiger partial charge in [-0.25, -0.2) is 4.98 Å². The molecule has 1 saturated carbocycles. The largest absolute Gasteiger partial charge is 0.353 e. The monoisotopic (exact) mass is 461 g/mol. The van der Waals surface area contributed by atoms with Crippen LogP contribution < -0.4 is 10.9 Å². The number of fused-ring (bicyclic) bond motifs is 1. The van der Waals surface area contributed by atoms with Crippen LogP contribution in [-0.4, -0.2) is 27.3 Å². The molecule has 0 aliphatic heterocycles. The maximum Gasteiger partial charge on any atom is 0.262 e. The van der Waals surface area contributed by atoms with Crippen LogP contribution in [0.4, 0.5) is 0 Å². The highest BCUT2D eigenvalue weighted by atomic mass is 79.9. The van der Waals surface area contributed by atoms with Gasteiger partial charge in [-0.3, -0.25) is 14.2 Å². The summed E-state index contributed by atoms with van der Waals surface area (Å²) in [6.07, 6.45) is 10.1. The fourth-order valence-electron chi connectivity index (χ4n) is 3.49. The van der Waals surface area contributed by atoms with Crippen molar-refractivity contribution in [3.8, 4) is 0 Å². The lowest BCUT2D eigenvalue weighted by atomic mass is 9.97. The van der Waals surface area contributed by atoms with E-state index in [2.05, 4.69) is 27.3 Å². The number of hydrogen-bond donors (Lipinski definition) is 1. The zero-order valence-corrected chi connectivity index (χ0v) is 18.2. The first-order valence-corrected chi connectivity index (χ1v) is 11.7.